The van der Waals surface area contributed by atoms with E-state index in [0.29, 0.717) is 0 Å². The van der Waals surface area contributed by atoms with Crippen molar-refractivity contribution < 1.29 is 5.11 Å². The molecular formula is C13H22O. The van der Waals surface area contributed by atoms with Gasteiger partial charge in [-0.25, -0.2) is 0 Å². The van der Waals surface area contributed by atoms with Gasteiger partial charge in [-0.15, -0.1) is 0 Å². The number of aliphatic hydroxyl groups is 1. The standard InChI is InChI=1S/C12H18.CH4O/c1-10-6-5-7-11(9-8-10)12(2,3)4;1-2/h5,7-9H,6H2,1-4H3;2H,1H3. The first-order valence-corrected chi connectivity index (χ1v) is 4.99. The second-order valence-corrected chi connectivity index (χ2v) is 4.49. The maximum absolute atomic E-state index is 7.00. The van der Waals surface area contributed by atoms with Gasteiger partial charge in [-0.2, -0.15) is 0 Å². The summed E-state index contributed by atoms with van der Waals surface area (Å²) >= 11 is 0. The smallest absolute Gasteiger partial charge is 0.0319 e. The van der Waals surface area contributed by atoms with Crippen molar-refractivity contribution in [2.45, 2.75) is 34.1 Å². The van der Waals surface area contributed by atoms with Gasteiger partial charge in [0, 0.05) is 7.11 Å². The number of hydrogen-bond donors (Lipinski definition) is 1. The van der Waals surface area contributed by atoms with Crippen molar-refractivity contribution in [2.24, 2.45) is 5.41 Å². The minimum atomic E-state index is 0.275. The molecule has 0 saturated heterocycles. The SMILES string of the molecule is CC1=CC=C(C(C)(C)C)C=CC1.CO. The second kappa shape index (κ2) is 5.82. The highest BCUT2D eigenvalue weighted by Gasteiger charge is 2.14. The maximum Gasteiger partial charge on any atom is 0.0319 e. The van der Waals surface area contributed by atoms with E-state index in [0.717, 1.165) is 13.5 Å². The van der Waals surface area contributed by atoms with E-state index in [1.807, 2.05) is 0 Å². The highest BCUT2D eigenvalue weighted by atomic mass is 16.2. The first-order chi connectivity index (χ1) is 6.50. The fourth-order valence-electron chi connectivity index (χ4n) is 1.23. The molecule has 0 heterocycles. The molecule has 1 rings (SSSR count). The quantitative estimate of drug-likeness (QED) is 0.626. The summed E-state index contributed by atoms with van der Waals surface area (Å²) in [4.78, 5) is 0. The molecule has 0 spiro atoms. The minimum absolute atomic E-state index is 0.275. The monoisotopic (exact) mass is 194 g/mol. The van der Waals surface area contributed by atoms with Crippen LogP contribution in [0.5, 0.6) is 0 Å². The Morgan fingerprint density at radius 3 is 2.21 bits per heavy atom. The second-order valence-electron chi connectivity index (χ2n) is 4.49. The molecule has 1 nitrogen and oxygen atoms in total. The van der Waals surface area contributed by atoms with Crippen LogP contribution < -0.4 is 0 Å². The van der Waals surface area contributed by atoms with Gasteiger partial charge >= 0.3 is 0 Å². The zero-order valence-corrected chi connectivity index (χ0v) is 9.96. The third-order valence-electron chi connectivity index (χ3n) is 2.15. The average molecular weight is 194 g/mol. The van der Waals surface area contributed by atoms with Crippen molar-refractivity contribution in [2.75, 3.05) is 7.11 Å². The summed E-state index contributed by atoms with van der Waals surface area (Å²) in [6, 6.07) is 0. The van der Waals surface area contributed by atoms with E-state index in [1.54, 1.807) is 0 Å². The van der Waals surface area contributed by atoms with Crippen LogP contribution in [0.2, 0.25) is 0 Å². The predicted octanol–water partition coefficient (Wildman–Crippen LogP) is 3.47. The maximum atomic E-state index is 7.00. The molecule has 0 unspecified atom stereocenters. The Bertz CT molecular complexity index is 249. The fraction of sp³-hybridized carbons (Fsp3) is 0.538. The van der Waals surface area contributed by atoms with Crippen LogP contribution in [-0.4, -0.2) is 12.2 Å². The lowest BCUT2D eigenvalue weighted by Gasteiger charge is -2.19. The molecule has 0 amide bonds. The molecule has 14 heavy (non-hydrogen) atoms. The lowest BCUT2D eigenvalue weighted by Crippen LogP contribution is -2.06. The molecule has 1 aliphatic rings. The van der Waals surface area contributed by atoms with Gasteiger partial charge in [-0.05, 0) is 24.3 Å². The van der Waals surface area contributed by atoms with E-state index < -0.39 is 0 Å². The lowest BCUT2D eigenvalue weighted by atomic mass is 9.86. The summed E-state index contributed by atoms with van der Waals surface area (Å²) in [7, 11) is 1.00. The van der Waals surface area contributed by atoms with Gasteiger partial charge in [-0.1, -0.05) is 50.6 Å². The summed E-state index contributed by atoms with van der Waals surface area (Å²) < 4.78 is 0. The highest BCUT2D eigenvalue weighted by Crippen LogP contribution is 2.28. The molecule has 0 radical (unpaired) electrons. The molecule has 0 bridgehead atoms. The average Bonchev–Trinajstić information content (AvgIpc) is 2.32. The Morgan fingerprint density at radius 1 is 1.14 bits per heavy atom. The topological polar surface area (TPSA) is 20.2 Å². The van der Waals surface area contributed by atoms with Gasteiger partial charge in [0.2, 0.25) is 0 Å². The van der Waals surface area contributed by atoms with Crippen molar-refractivity contribution in [3.05, 3.63) is 35.5 Å². The van der Waals surface area contributed by atoms with Crippen molar-refractivity contribution >= 4 is 0 Å². The van der Waals surface area contributed by atoms with Crippen LogP contribution in [0.4, 0.5) is 0 Å². The molecule has 0 atom stereocenters. The van der Waals surface area contributed by atoms with Crippen molar-refractivity contribution in [1.82, 2.24) is 0 Å². The molecule has 0 aromatic heterocycles. The number of aliphatic hydroxyl groups excluding tert-OH is 1. The van der Waals surface area contributed by atoms with Gasteiger partial charge < -0.3 is 5.11 Å². The van der Waals surface area contributed by atoms with Crippen LogP contribution in [0.1, 0.15) is 34.1 Å². The molecule has 0 aliphatic heterocycles. The fourth-order valence-corrected chi connectivity index (χ4v) is 1.23. The van der Waals surface area contributed by atoms with E-state index in [2.05, 4.69) is 52.0 Å². The Balaban J connectivity index is 0.000000791. The van der Waals surface area contributed by atoms with Crippen molar-refractivity contribution in [1.29, 1.82) is 0 Å². The summed E-state index contributed by atoms with van der Waals surface area (Å²) in [5, 5.41) is 7.00. The van der Waals surface area contributed by atoms with E-state index in [4.69, 9.17) is 5.11 Å². The van der Waals surface area contributed by atoms with Gasteiger partial charge in [0.1, 0.15) is 0 Å². The van der Waals surface area contributed by atoms with Crippen molar-refractivity contribution in [3.8, 4) is 0 Å². The first kappa shape index (κ1) is 13.2. The minimum Gasteiger partial charge on any atom is -0.400 e. The Hall–Kier alpha value is -0.820. The molecule has 0 saturated carbocycles. The summed E-state index contributed by atoms with van der Waals surface area (Å²) in [6.07, 6.45) is 10.0. The van der Waals surface area contributed by atoms with Crippen LogP contribution in [0, 0.1) is 5.41 Å². The molecule has 0 aromatic rings. The van der Waals surface area contributed by atoms with Gasteiger partial charge in [0.25, 0.3) is 0 Å². The molecule has 80 valence electrons. The molecule has 1 N–H and O–H groups in total. The normalized spacial score (nSPS) is 16.1. The van der Waals surface area contributed by atoms with Gasteiger partial charge in [-0.3, -0.25) is 0 Å². The van der Waals surface area contributed by atoms with E-state index in [9.17, 15) is 0 Å². The zero-order valence-electron chi connectivity index (χ0n) is 9.96. The largest absolute Gasteiger partial charge is 0.400 e. The number of hydrogen-bond acceptors (Lipinski definition) is 1. The zero-order chi connectivity index (χ0) is 11.2. The van der Waals surface area contributed by atoms with Gasteiger partial charge in [0.05, 0.1) is 0 Å². The highest BCUT2D eigenvalue weighted by molar-refractivity contribution is 5.33. The third kappa shape index (κ3) is 4.43. The summed E-state index contributed by atoms with van der Waals surface area (Å²) in [5.41, 5.74) is 3.13. The summed E-state index contributed by atoms with van der Waals surface area (Å²) in [5.74, 6) is 0. The lowest BCUT2D eigenvalue weighted by molar-refractivity contribution is 0.399. The van der Waals surface area contributed by atoms with Crippen molar-refractivity contribution in [3.63, 3.8) is 0 Å². The van der Waals surface area contributed by atoms with Crippen LogP contribution in [-0.2, 0) is 0 Å². The molecule has 0 aromatic carbocycles. The summed E-state index contributed by atoms with van der Waals surface area (Å²) in [6.45, 7) is 8.92. The van der Waals surface area contributed by atoms with E-state index >= 15 is 0 Å². The van der Waals surface area contributed by atoms with Crippen LogP contribution in [0.15, 0.2) is 35.5 Å². The Morgan fingerprint density at radius 2 is 1.71 bits per heavy atom. The van der Waals surface area contributed by atoms with Crippen LogP contribution >= 0.6 is 0 Å². The van der Waals surface area contributed by atoms with E-state index in [1.165, 1.54) is 11.1 Å². The van der Waals surface area contributed by atoms with Crippen LogP contribution in [0.3, 0.4) is 0 Å². The number of allylic oxidation sites excluding steroid dienone is 6. The predicted molar refractivity (Wildman–Crippen MR) is 63.2 cm³/mol. The molecule has 0 fully saturated rings. The Labute approximate surface area is 87.8 Å². The Kier molecular flexibility index (Phi) is 5.47. The first-order valence-electron chi connectivity index (χ1n) is 4.99. The number of rotatable bonds is 0. The van der Waals surface area contributed by atoms with Crippen LogP contribution in [0.25, 0.3) is 0 Å². The van der Waals surface area contributed by atoms with E-state index in [-0.39, 0.29) is 5.41 Å². The molecule has 1 heteroatoms. The molecular weight excluding hydrogens is 172 g/mol. The van der Waals surface area contributed by atoms with Gasteiger partial charge in [0.15, 0.2) is 0 Å². The molecule has 1 aliphatic carbocycles. The third-order valence-corrected chi connectivity index (χ3v) is 2.15.